The Balaban J connectivity index is 1.79. The molecule has 1 heterocycles. The minimum absolute atomic E-state index is 0.275. The first-order valence-electron chi connectivity index (χ1n) is 10.7. The van der Waals surface area contributed by atoms with Crippen LogP contribution in [-0.2, 0) is 14.8 Å². The van der Waals surface area contributed by atoms with Gasteiger partial charge in [-0.1, -0.05) is 48.5 Å². The summed E-state index contributed by atoms with van der Waals surface area (Å²) in [6.45, 7) is 3.90. The number of hydrogen-bond donors (Lipinski definition) is 0. The first-order valence-corrected chi connectivity index (χ1v) is 12.1. The fourth-order valence-electron chi connectivity index (χ4n) is 3.86. The highest BCUT2D eigenvalue weighted by molar-refractivity contribution is 7.92. The largest absolute Gasteiger partial charge is 0.497 e. The Morgan fingerprint density at radius 3 is 2.25 bits per heavy atom. The maximum absolute atomic E-state index is 13.8. The molecule has 168 valence electrons. The predicted molar refractivity (Wildman–Crippen MR) is 127 cm³/mol. The highest BCUT2D eigenvalue weighted by atomic mass is 32.2. The van der Waals surface area contributed by atoms with Crippen molar-refractivity contribution in [2.45, 2.75) is 4.90 Å². The van der Waals surface area contributed by atoms with Crippen molar-refractivity contribution in [3.05, 3.63) is 78.9 Å². The molecule has 0 saturated carbocycles. The van der Waals surface area contributed by atoms with Gasteiger partial charge in [0.25, 0.3) is 10.0 Å². The van der Waals surface area contributed by atoms with Gasteiger partial charge in [-0.05, 0) is 35.9 Å². The van der Waals surface area contributed by atoms with Crippen LogP contribution in [0.15, 0.2) is 83.8 Å². The third kappa shape index (κ3) is 4.96. The number of nitrogens with zero attached hydrogens (tertiary/aromatic N) is 2. The van der Waals surface area contributed by atoms with E-state index >= 15 is 0 Å². The van der Waals surface area contributed by atoms with E-state index < -0.39 is 10.0 Å². The SMILES string of the molecule is COc1ccc(N(CCN2CCOCC2)S(=O)(=O)c2ccccc2)c(-c2ccccc2)c1. The molecule has 0 spiro atoms. The summed E-state index contributed by atoms with van der Waals surface area (Å²) in [5.41, 5.74) is 2.38. The molecule has 0 aromatic heterocycles. The number of morpholine rings is 1. The van der Waals surface area contributed by atoms with Crippen LogP contribution < -0.4 is 9.04 Å². The maximum atomic E-state index is 13.8. The topological polar surface area (TPSA) is 59.1 Å². The third-order valence-electron chi connectivity index (χ3n) is 5.61. The van der Waals surface area contributed by atoms with Gasteiger partial charge in [0.2, 0.25) is 0 Å². The van der Waals surface area contributed by atoms with Gasteiger partial charge in [-0.25, -0.2) is 8.42 Å². The smallest absolute Gasteiger partial charge is 0.264 e. The van der Waals surface area contributed by atoms with E-state index in [1.165, 1.54) is 4.31 Å². The summed E-state index contributed by atoms with van der Waals surface area (Å²) < 4.78 is 40.0. The third-order valence-corrected chi connectivity index (χ3v) is 7.44. The minimum Gasteiger partial charge on any atom is -0.497 e. The quantitative estimate of drug-likeness (QED) is 0.519. The summed E-state index contributed by atoms with van der Waals surface area (Å²) >= 11 is 0. The summed E-state index contributed by atoms with van der Waals surface area (Å²) in [6.07, 6.45) is 0. The average Bonchev–Trinajstić information content (AvgIpc) is 2.86. The minimum atomic E-state index is -3.77. The van der Waals surface area contributed by atoms with Gasteiger partial charge >= 0.3 is 0 Å². The second kappa shape index (κ2) is 10.2. The van der Waals surface area contributed by atoms with Gasteiger partial charge in [0.05, 0.1) is 30.9 Å². The van der Waals surface area contributed by atoms with E-state index in [-0.39, 0.29) is 4.90 Å². The predicted octanol–water partition coefficient (Wildman–Crippen LogP) is 3.89. The van der Waals surface area contributed by atoms with E-state index in [2.05, 4.69) is 4.90 Å². The molecule has 1 aliphatic rings. The molecule has 4 rings (SSSR count). The molecule has 1 aliphatic heterocycles. The zero-order chi connectivity index (χ0) is 22.4. The summed E-state index contributed by atoms with van der Waals surface area (Å²) in [6, 6.07) is 23.9. The Morgan fingerprint density at radius 2 is 1.59 bits per heavy atom. The van der Waals surface area contributed by atoms with Crippen molar-refractivity contribution >= 4 is 15.7 Å². The molecular formula is C25H28N2O4S. The summed E-state index contributed by atoms with van der Waals surface area (Å²) in [5.74, 6) is 0.679. The van der Waals surface area contributed by atoms with E-state index in [0.717, 1.165) is 24.2 Å². The van der Waals surface area contributed by atoms with Crippen LogP contribution in [0.2, 0.25) is 0 Å². The van der Waals surface area contributed by atoms with Crippen LogP contribution in [0.1, 0.15) is 0 Å². The number of hydrogen-bond acceptors (Lipinski definition) is 5. The first-order chi connectivity index (χ1) is 15.6. The van der Waals surface area contributed by atoms with Crippen LogP contribution in [0.25, 0.3) is 11.1 Å². The highest BCUT2D eigenvalue weighted by Gasteiger charge is 2.28. The van der Waals surface area contributed by atoms with E-state index in [1.54, 1.807) is 31.4 Å². The summed E-state index contributed by atoms with van der Waals surface area (Å²) in [4.78, 5) is 2.51. The van der Waals surface area contributed by atoms with Crippen LogP contribution >= 0.6 is 0 Å². The Hall–Kier alpha value is -2.87. The lowest BCUT2D eigenvalue weighted by Crippen LogP contribution is -2.43. The molecular weight excluding hydrogens is 424 g/mol. The molecule has 3 aromatic carbocycles. The Kier molecular flexibility index (Phi) is 7.09. The molecule has 32 heavy (non-hydrogen) atoms. The average molecular weight is 453 g/mol. The van der Waals surface area contributed by atoms with Crippen LogP contribution in [0, 0.1) is 0 Å². The van der Waals surface area contributed by atoms with Crippen molar-refractivity contribution in [3.63, 3.8) is 0 Å². The molecule has 0 N–H and O–H groups in total. The number of anilines is 1. The number of methoxy groups -OCH3 is 1. The molecule has 0 atom stereocenters. The number of rotatable bonds is 8. The van der Waals surface area contributed by atoms with Gasteiger partial charge < -0.3 is 9.47 Å². The van der Waals surface area contributed by atoms with Crippen molar-refractivity contribution in [2.75, 3.05) is 50.8 Å². The van der Waals surface area contributed by atoms with Gasteiger partial charge in [0, 0.05) is 31.7 Å². The Labute approximate surface area is 190 Å². The van der Waals surface area contributed by atoms with Gasteiger partial charge in [-0.15, -0.1) is 0 Å². The van der Waals surface area contributed by atoms with Crippen molar-refractivity contribution in [1.29, 1.82) is 0 Å². The van der Waals surface area contributed by atoms with Gasteiger partial charge in [0.15, 0.2) is 0 Å². The number of ether oxygens (including phenoxy) is 2. The van der Waals surface area contributed by atoms with E-state index in [0.29, 0.717) is 37.7 Å². The molecule has 0 aliphatic carbocycles. The van der Waals surface area contributed by atoms with Crippen LogP contribution in [0.4, 0.5) is 5.69 Å². The summed E-state index contributed by atoms with van der Waals surface area (Å²) in [5, 5.41) is 0. The molecule has 0 unspecified atom stereocenters. The molecule has 0 amide bonds. The monoisotopic (exact) mass is 452 g/mol. The molecule has 3 aromatic rings. The van der Waals surface area contributed by atoms with Gasteiger partial charge in [-0.2, -0.15) is 0 Å². The zero-order valence-electron chi connectivity index (χ0n) is 18.2. The van der Waals surface area contributed by atoms with E-state index in [4.69, 9.17) is 9.47 Å². The van der Waals surface area contributed by atoms with Crippen LogP contribution in [-0.4, -0.2) is 59.8 Å². The molecule has 6 nitrogen and oxygen atoms in total. The van der Waals surface area contributed by atoms with Crippen molar-refractivity contribution in [3.8, 4) is 16.9 Å². The normalized spacial score (nSPS) is 14.8. The van der Waals surface area contributed by atoms with E-state index in [1.807, 2.05) is 54.6 Å². The van der Waals surface area contributed by atoms with Gasteiger partial charge in [0.1, 0.15) is 5.75 Å². The van der Waals surface area contributed by atoms with Crippen molar-refractivity contribution in [2.24, 2.45) is 0 Å². The van der Waals surface area contributed by atoms with Crippen molar-refractivity contribution in [1.82, 2.24) is 4.90 Å². The lowest BCUT2D eigenvalue weighted by Gasteiger charge is -2.31. The second-order valence-corrected chi connectivity index (χ2v) is 9.46. The van der Waals surface area contributed by atoms with E-state index in [9.17, 15) is 8.42 Å². The fourth-order valence-corrected chi connectivity index (χ4v) is 5.35. The summed E-state index contributed by atoms with van der Waals surface area (Å²) in [7, 11) is -2.16. The molecule has 0 bridgehead atoms. The Bertz CT molecular complexity index is 1120. The second-order valence-electron chi connectivity index (χ2n) is 7.59. The van der Waals surface area contributed by atoms with Gasteiger partial charge in [-0.3, -0.25) is 9.21 Å². The molecule has 7 heteroatoms. The molecule has 1 saturated heterocycles. The van der Waals surface area contributed by atoms with Crippen molar-refractivity contribution < 1.29 is 17.9 Å². The lowest BCUT2D eigenvalue weighted by atomic mass is 10.0. The molecule has 0 radical (unpaired) electrons. The number of benzene rings is 3. The highest BCUT2D eigenvalue weighted by Crippen LogP contribution is 2.36. The van der Waals surface area contributed by atoms with Crippen LogP contribution in [0.3, 0.4) is 0 Å². The lowest BCUT2D eigenvalue weighted by molar-refractivity contribution is 0.0395. The number of sulfonamides is 1. The molecule has 1 fully saturated rings. The fraction of sp³-hybridized carbons (Fsp3) is 0.280. The maximum Gasteiger partial charge on any atom is 0.264 e. The Morgan fingerprint density at radius 1 is 0.938 bits per heavy atom. The first kappa shape index (κ1) is 22.3. The van der Waals surface area contributed by atoms with Crippen LogP contribution in [0.5, 0.6) is 5.75 Å². The standard InChI is InChI=1S/C25H28N2O4S/c1-30-22-12-13-25(24(20-22)21-8-4-2-5-9-21)27(15-14-26-16-18-31-19-17-26)32(28,29)23-10-6-3-7-11-23/h2-13,20H,14-19H2,1H3. The zero-order valence-corrected chi connectivity index (χ0v) is 19.0.